The molecule has 0 unspecified atom stereocenters. The first-order valence-electron chi connectivity index (χ1n) is 6.11. The summed E-state index contributed by atoms with van der Waals surface area (Å²) in [5, 5.41) is 6.65. The smallest absolute Gasteiger partial charge is 0.318 e. The fourth-order valence-corrected chi connectivity index (χ4v) is 1.68. The van der Waals surface area contributed by atoms with Gasteiger partial charge in [0.1, 0.15) is 0 Å². The molecule has 0 saturated heterocycles. The lowest BCUT2D eigenvalue weighted by atomic mass is 10.2. The van der Waals surface area contributed by atoms with Crippen molar-refractivity contribution in [1.82, 2.24) is 5.43 Å². The Labute approximate surface area is 126 Å². The second-order valence-electron chi connectivity index (χ2n) is 4.04. The average Bonchev–Trinajstić information content (AvgIpc) is 2.50. The van der Waals surface area contributed by atoms with Gasteiger partial charge in [-0.2, -0.15) is 5.10 Å². The molecule has 0 atom stereocenters. The third-order valence-electron chi connectivity index (χ3n) is 2.51. The number of nitrogens with zero attached hydrogens (tertiary/aromatic N) is 1. The van der Waals surface area contributed by atoms with Crippen molar-refractivity contribution in [3.8, 4) is 0 Å². The van der Waals surface area contributed by atoms with Gasteiger partial charge in [0, 0.05) is 16.3 Å². The van der Waals surface area contributed by atoms with Crippen LogP contribution < -0.4 is 10.7 Å². The number of amides is 2. The molecule has 0 bridgehead atoms. The summed E-state index contributed by atoms with van der Waals surface area (Å²) in [4.78, 5) is 23.2. The van der Waals surface area contributed by atoms with Gasteiger partial charge in [-0.25, -0.2) is 5.43 Å². The molecule has 6 heteroatoms. The van der Waals surface area contributed by atoms with Gasteiger partial charge in [-0.05, 0) is 18.2 Å². The van der Waals surface area contributed by atoms with E-state index in [0.717, 1.165) is 0 Å². The van der Waals surface area contributed by atoms with E-state index in [1.807, 2.05) is 6.07 Å². The maximum atomic E-state index is 11.6. The predicted octanol–water partition coefficient (Wildman–Crippen LogP) is 2.43. The minimum Gasteiger partial charge on any atom is -0.318 e. The third-order valence-corrected chi connectivity index (χ3v) is 2.86. The normalized spacial score (nSPS) is 10.3. The molecule has 0 aliphatic rings. The molecule has 0 saturated carbocycles. The van der Waals surface area contributed by atoms with Crippen LogP contribution in [0.4, 0.5) is 5.69 Å². The lowest BCUT2D eigenvalue weighted by Gasteiger charge is -2.03. The van der Waals surface area contributed by atoms with Crippen LogP contribution in [0.3, 0.4) is 0 Å². The van der Waals surface area contributed by atoms with Gasteiger partial charge in [0.25, 0.3) is 0 Å². The fraction of sp³-hybridized carbons (Fsp3) is 0. The molecule has 0 spiro atoms. The van der Waals surface area contributed by atoms with Crippen LogP contribution in [0.2, 0.25) is 5.02 Å². The molecular weight excluding hydrogens is 290 g/mol. The highest BCUT2D eigenvalue weighted by Gasteiger charge is 2.12. The zero-order valence-electron chi connectivity index (χ0n) is 10.9. The summed E-state index contributed by atoms with van der Waals surface area (Å²) in [5.74, 6) is -1.65. The van der Waals surface area contributed by atoms with Gasteiger partial charge in [-0.15, -0.1) is 0 Å². The van der Waals surface area contributed by atoms with Crippen LogP contribution in [-0.2, 0) is 9.59 Å². The largest absolute Gasteiger partial charge is 0.329 e. The van der Waals surface area contributed by atoms with E-state index in [4.69, 9.17) is 11.6 Å². The van der Waals surface area contributed by atoms with Gasteiger partial charge in [0.2, 0.25) is 0 Å². The van der Waals surface area contributed by atoms with Crippen molar-refractivity contribution < 1.29 is 9.59 Å². The van der Waals surface area contributed by atoms with Crippen LogP contribution in [0.5, 0.6) is 0 Å². The minimum atomic E-state index is -0.859. The van der Waals surface area contributed by atoms with Gasteiger partial charge >= 0.3 is 11.8 Å². The van der Waals surface area contributed by atoms with Gasteiger partial charge in [0.15, 0.2) is 0 Å². The summed E-state index contributed by atoms with van der Waals surface area (Å²) in [6.45, 7) is 0. The molecule has 2 aromatic rings. The van der Waals surface area contributed by atoms with Crippen molar-refractivity contribution in [3.05, 3.63) is 65.2 Å². The van der Waals surface area contributed by atoms with E-state index in [1.54, 1.807) is 48.5 Å². The number of nitrogens with one attached hydrogen (secondary N) is 2. The molecule has 5 nitrogen and oxygen atoms in total. The van der Waals surface area contributed by atoms with Crippen molar-refractivity contribution in [2.75, 3.05) is 5.32 Å². The van der Waals surface area contributed by atoms with E-state index >= 15 is 0 Å². The Bertz CT molecular complexity index is 672. The summed E-state index contributed by atoms with van der Waals surface area (Å²) in [5.41, 5.74) is 3.31. The molecule has 0 aromatic heterocycles. The zero-order valence-corrected chi connectivity index (χ0v) is 11.7. The Hall–Kier alpha value is -2.66. The summed E-state index contributed by atoms with van der Waals surface area (Å²) < 4.78 is 0. The number of para-hydroxylation sites is 1. The summed E-state index contributed by atoms with van der Waals surface area (Å²) in [6.07, 6.45) is 1.37. The topological polar surface area (TPSA) is 70.6 Å². The van der Waals surface area contributed by atoms with E-state index in [0.29, 0.717) is 16.3 Å². The molecule has 0 heterocycles. The number of hydrogen-bond donors (Lipinski definition) is 2. The summed E-state index contributed by atoms with van der Waals surface area (Å²) in [6, 6.07) is 15.7. The first kappa shape index (κ1) is 14.7. The second kappa shape index (κ2) is 7.21. The van der Waals surface area contributed by atoms with Crippen LogP contribution >= 0.6 is 11.6 Å². The number of rotatable bonds is 3. The highest BCUT2D eigenvalue weighted by Crippen LogP contribution is 2.12. The number of halogens is 1. The lowest BCUT2D eigenvalue weighted by molar-refractivity contribution is -0.136. The van der Waals surface area contributed by atoms with Gasteiger partial charge in [-0.3, -0.25) is 9.59 Å². The number of carbonyl (C=O) groups excluding carboxylic acids is 2. The molecule has 2 amide bonds. The highest BCUT2D eigenvalue weighted by molar-refractivity contribution is 6.39. The first-order valence-corrected chi connectivity index (χ1v) is 6.48. The van der Waals surface area contributed by atoms with E-state index in [1.165, 1.54) is 6.21 Å². The molecule has 106 valence electrons. The quantitative estimate of drug-likeness (QED) is 0.519. The van der Waals surface area contributed by atoms with Crippen molar-refractivity contribution >= 4 is 35.3 Å². The SMILES string of the molecule is O=C(N/N=C/c1ccccc1Cl)C(=O)Nc1ccccc1. The highest BCUT2D eigenvalue weighted by atomic mass is 35.5. The van der Waals surface area contributed by atoms with Crippen LogP contribution in [-0.4, -0.2) is 18.0 Å². The average molecular weight is 302 g/mol. The fourth-order valence-electron chi connectivity index (χ4n) is 1.50. The zero-order chi connectivity index (χ0) is 15.1. The number of hydrazone groups is 1. The van der Waals surface area contributed by atoms with Crippen molar-refractivity contribution in [3.63, 3.8) is 0 Å². The molecule has 2 rings (SSSR count). The monoisotopic (exact) mass is 301 g/mol. The van der Waals surface area contributed by atoms with Crippen molar-refractivity contribution in [2.24, 2.45) is 5.10 Å². The number of anilines is 1. The maximum Gasteiger partial charge on any atom is 0.329 e. The van der Waals surface area contributed by atoms with Gasteiger partial charge < -0.3 is 5.32 Å². The molecule has 0 aliphatic heterocycles. The number of carbonyl (C=O) groups is 2. The van der Waals surface area contributed by atoms with E-state index in [2.05, 4.69) is 15.8 Å². The Morgan fingerprint density at radius 3 is 2.33 bits per heavy atom. The third kappa shape index (κ3) is 4.43. The summed E-state index contributed by atoms with van der Waals surface area (Å²) >= 11 is 5.93. The van der Waals surface area contributed by atoms with E-state index in [9.17, 15) is 9.59 Å². The number of benzene rings is 2. The van der Waals surface area contributed by atoms with E-state index < -0.39 is 11.8 Å². The van der Waals surface area contributed by atoms with Gasteiger partial charge in [0.05, 0.1) is 6.21 Å². The maximum absolute atomic E-state index is 11.6. The van der Waals surface area contributed by atoms with Crippen LogP contribution in [0.1, 0.15) is 5.56 Å². The predicted molar refractivity (Wildman–Crippen MR) is 82.3 cm³/mol. The Balaban J connectivity index is 1.90. The Morgan fingerprint density at radius 2 is 1.62 bits per heavy atom. The first-order chi connectivity index (χ1) is 10.2. The molecular formula is C15H12ClN3O2. The molecule has 2 aromatic carbocycles. The molecule has 0 fully saturated rings. The lowest BCUT2D eigenvalue weighted by Crippen LogP contribution is -2.32. The second-order valence-corrected chi connectivity index (χ2v) is 4.45. The molecule has 2 N–H and O–H groups in total. The minimum absolute atomic E-state index is 0.504. The van der Waals surface area contributed by atoms with Crippen molar-refractivity contribution in [2.45, 2.75) is 0 Å². The van der Waals surface area contributed by atoms with Gasteiger partial charge in [-0.1, -0.05) is 48.0 Å². The Kier molecular flexibility index (Phi) is 5.06. The van der Waals surface area contributed by atoms with Crippen LogP contribution in [0, 0.1) is 0 Å². The van der Waals surface area contributed by atoms with Crippen molar-refractivity contribution in [1.29, 1.82) is 0 Å². The number of hydrogen-bond acceptors (Lipinski definition) is 3. The van der Waals surface area contributed by atoms with Crippen LogP contribution in [0.15, 0.2) is 59.7 Å². The van der Waals surface area contributed by atoms with Crippen LogP contribution in [0.25, 0.3) is 0 Å². The molecule has 0 radical (unpaired) electrons. The standard InChI is InChI=1S/C15H12ClN3O2/c16-13-9-5-4-6-11(13)10-17-19-15(21)14(20)18-12-7-2-1-3-8-12/h1-10H,(H,18,20)(H,19,21)/b17-10+. The molecule has 21 heavy (non-hydrogen) atoms. The summed E-state index contributed by atoms with van der Waals surface area (Å²) in [7, 11) is 0. The van der Waals surface area contributed by atoms with E-state index in [-0.39, 0.29) is 0 Å². The molecule has 0 aliphatic carbocycles. The Morgan fingerprint density at radius 1 is 0.952 bits per heavy atom.